The predicted octanol–water partition coefficient (Wildman–Crippen LogP) is 3.48. The van der Waals surface area contributed by atoms with Gasteiger partial charge >= 0.3 is 0 Å². The van der Waals surface area contributed by atoms with E-state index in [2.05, 4.69) is 58.3 Å². The fourth-order valence-electron chi connectivity index (χ4n) is 14.7. The highest BCUT2D eigenvalue weighted by Crippen LogP contribution is 2.50. The highest BCUT2D eigenvalue weighted by atomic mass is 35.5. The van der Waals surface area contributed by atoms with Crippen molar-refractivity contribution in [3.63, 3.8) is 0 Å². The number of fused-ring (bicyclic) bond motifs is 15. The molecule has 1 aromatic heterocycles. The highest BCUT2D eigenvalue weighted by molar-refractivity contribution is 6.35. The van der Waals surface area contributed by atoms with Gasteiger partial charge in [-0.2, -0.15) is 0 Å². The lowest BCUT2D eigenvalue weighted by molar-refractivity contribution is -0.334. The van der Waals surface area contributed by atoms with Crippen molar-refractivity contribution in [1.29, 1.82) is 0 Å². The number of hydrogen-bond donors (Lipinski definition) is 20. The maximum Gasteiger partial charge on any atom is 0.270 e. The second kappa shape index (κ2) is 37.7. The van der Waals surface area contributed by atoms with Crippen LogP contribution >= 0.6 is 46.4 Å². The lowest BCUT2D eigenvalue weighted by Crippen LogP contribution is -2.65. The van der Waals surface area contributed by atoms with Gasteiger partial charge in [0.1, 0.15) is 95.5 Å². The molecule has 21 N–H and O–H groups in total. The van der Waals surface area contributed by atoms with Crippen LogP contribution in [0.1, 0.15) is 121 Å². The molecule has 2 saturated heterocycles. The first-order valence-corrected chi connectivity index (χ1v) is 39.2. The molecule has 14 rings (SSSR count). The minimum Gasteiger partial charge on any atom is -0.508 e. The van der Waals surface area contributed by atoms with Gasteiger partial charge in [0, 0.05) is 57.5 Å². The van der Waals surface area contributed by atoms with Gasteiger partial charge in [0.25, 0.3) is 11.8 Å². The molecule has 6 aromatic carbocycles. The summed E-state index contributed by atoms with van der Waals surface area (Å²) >= 11 is 26.7. The molecule has 9 amide bonds. The quantitative estimate of drug-likeness (QED) is 0.0515. The maximum absolute atomic E-state index is 16.3. The highest BCUT2D eigenvalue weighted by Gasteiger charge is 2.52. The zero-order valence-electron chi connectivity index (χ0n) is 65.0. The molecule has 8 heterocycles. The summed E-state index contributed by atoms with van der Waals surface area (Å²) in [6, 6.07) is 5.61. The summed E-state index contributed by atoms with van der Waals surface area (Å²) < 4.78 is 39.5. The van der Waals surface area contributed by atoms with Crippen molar-refractivity contribution in [3.8, 4) is 57.1 Å². The summed E-state index contributed by atoms with van der Waals surface area (Å²) in [6.45, 7) is 5.76. The SMILES string of the molecule is CNC(CC(C)C)C(=O)NC1C(=O)NC(CC(N)=O)C(=O)NC2C(=O)NC3C(=O)NC(C(=O)NC(C(=O)NOC)c4cc(O)cc(O)c4-c4cc3ccc4O)C(O)c3ccc(c(Cl)c3)Oc3cc2cc(c3OC2OC(CO)C(O)C(O)C2OC2CC(C)(NCc3cncc(NC(=O)c4cc(Cl)cc(Cl)c4)c3)C(O)C(C)O2)Oc2ccc(cc2Cl)C1O. The second-order valence-corrected chi connectivity index (χ2v) is 31.7. The third-order valence-corrected chi connectivity index (χ3v) is 21.9. The number of carbonyl (C=O) groups excluding carboxylic acids is 9. The van der Waals surface area contributed by atoms with Gasteiger partial charge in [0.2, 0.25) is 53.4 Å². The first-order valence-electron chi connectivity index (χ1n) is 37.7. The van der Waals surface area contributed by atoms with Gasteiger partial charge in [-0.3, -0.25) is 53.0 Å². The van der Waals surface area contributed by atoms with Crippen LogP contribution in [-0.2, 0) is 63.9 Å². The molecule has 41 heteroatoms. The topological polar surface area (TPSA) is 560 Å². The standard InChI is InChI=1S/C80H86Cl4N12O25/c1-31(2)13-47(86-5)72(108)94-62-64(102)35-8-11-51(45(83)18-35)117-53-20-37-21-54(68(53)121-79-69(67(105)66(104)55(30-97)119-79)120-57-26-80(4,70(106)32(3)116-57)88-28-33-14-41(29-87-27-33)89-71(107)38-15-39(81)22-40(82)16-38)118-52-12-9-36(19-46(52)84)65(103)63-77(113)93-61(78(114)96-115-6)44-23-42(98)24-50(100)58(44)43-17-34(7-10-49(43)99)59(74(110)95-63)92-75(111)60(37)91-73(109)48(25-56(85)101)90-76(62)112/h7-12,14-24,27,29,31-32,47-48,55,57,59-67,69-70,79,86,88,97-100,102-106H,13,25-26,28,30H2,1-6H3,(H2,85,101)(H,89,107)(H,90,112)(H,91,109)(H,92,111)(H,93,113)(H,94,108)(H,95,110)(H,96,114). The number of benzene rings is 6. The number of aromatic nitrogens is 1. The number of nitrogens with zero attached hydrogens (tertiary/aromatic N) is 1. The molecule has 0 aliphatic carbocycles. The second-order valence-electron chi connectivity index (χ2n) is 30.0. The van der Waals surface area contributed by atoms with Crippen molar-refractivity contribution < 1.29 is 122 Å². The molecule has 0 radical (unpaired) electrons. The van der Waals surface area contributed by atoms with E-state index in [9.17, 15) is 65.1 Å². The van der Waals surface area contributed by atoms with E-state index in [4.69, 9.17) is 85.4 Å². The number of rotatable bonds is 19. The minimum absolute atomic E-state index is 0.0167. The van der Waals surface area contributed by atoms with E-state index < -0.39 is 243 Å². The van der Waals surface area contributed by atoms with Gasteiger partial charge in [0.05, 0.1) is 60.3 Å². The Morgan fingerprint density at radius 2 is 1.33 bits per heavy atom. The minimum atomic E-state index is -2.38. The Labute approximate surface area is 709 Å². The number of phenols is 3. The number of likely N-dealkylation sites (N-methyl/N-ethyl adjacent to an activating group) is 1. The van der Waals surface area contributed by atoms with E-state index in [1.165, 1.54) is 56.7 Å². The van der Waals surface area contributed by atoms with Crippen LogP contribution in [-0.4, -0.2) is 204 Å². The Hall–Kier alpha value is -10.8. The number of aliphatic hydroxyl groups is 6. The number of phenolic OH excluding ortho intramolecular Hbond substituents is 3. The van der Waals surface area contributed by atoms with Crippen LogP contribution in [0.4, 0.5) is 5.69 Å². The number of halogens is 4. The number of hydrogen-bond acceptors (Lipinski definition) is 28. The Kier molecular flexibility index (Phi) is 27.8. The van der Waals surface area contributed by atoms with E-state index in [-0.39, 0.29) is 74.1 Å². The van der Waals surface area contributed by atoms with Crippen molar-refractivity contribution in [2.45, 2.75) is 163 Å². The van der Waals surface area contributed by atoms with Gasteiger partial charge < -0.3 is 128 Å². The van der Waals surface area contributed by atoms with E-state index in [0.29, 0.717) is 5.56 Å². The molecule has 0 spiro atoms. The number of amides is 9. The van der Waals surface area contributed by atoms with Crippen molar-refractivity contribution in [2.24, 2.45) is 11.7 Å². The molecule has 11 bridgehead atoms. The molecule has 18 atom stereocenters. The van der Waals surface area contributed by atoms with Gasteiger partial charge in [-0.1, -0.05) is 78.5 Å². The van der Waals surface area contributed by atoms with Crippen LogP contribution in [0.2, 0.25) is 20.1 Å². The van der Waals surface area contributed by atoms with Crippen molar-refractivity contribution in [2.75, 3.05) is 26.1 Å². The summed E-state index contributed by atoms with van der Waals surface area (Å²) in [5, 5.41) is 130. The summed E-state index contributed by atoms with van der Waals surface area (Å²) in [6.07, 6.45) is -16.4. The van der Waals surface area contributed by atoms with E-state index in [0.717, 1.165) is 73.8 Å². The smallest absolute Gasteiger partial charge is 0.270 e. The van der Waals surface area contributed by atoms with E-state index in [1.807, 2.05) is 13.8 Å². The Bertz CT molecular complexity index is 5150. The lowest BCUT2D eigenvalue weighted by Gasteiger charge is -2.48. The van der Waals surface area contributed by atoms with Gasteiger partial charge in [-0.25, -0.2) is 5.48 Å². The number of nitrogens with one attached hydrogen (secondary N) is 10. The van der Waals surface area contributed by atoms with Crippen LogP contribution in [0.5, 0.6) is 46.0 Å². The van der Waals surface area contributed by atoms with Crippen LogP contribution in [0.25, 0.3) is 11.1 Å². The van der Waals surface area contributed by atoms with Crippen molar-refractivity contribution in [1.82, 2.24) is 53.0 Å². The number of aromatic hydroxyl groups is 3. The van der Waals surface area contributed by atoms with Gasteiger partial charge in [-0.05, 0) is 145 Å². The summed E-state index contributed by atoms with van der Waals surface area (Å²) in [5.74, 6) is -15.9. The number of hydroxylamine groups is 1. The Morgan fingerprint density at radius 1 is 0.694 bits per heavy atom. The van der Waals surface area contributed by atoms with E-state index >= 15 is 24.0 Å². The molecule has 2 fully saturated rings. The first-order chi connectivity index (χ1) is 57.4. The molecule has 644 valence electrons. The first kappa shape index (κ1) is 89.4. The van der Waals surface area contributed by atoms with Crippen LogP contribution < -0.4 is 73.3 Å². The zero-order valence-corrected chi connectivity index (χ0v) is 68.0. The number of aliphatic hydroxyl groups excluding tert-OH is 6. The Morgan fingerprint density at radius 3 is 1.96 bits per heavy atom. The van der Waals surface area contributed by atoms with Crippen LogP contribution in [0.3, 0.4) is 0 Å². The average molecular weight is 1760 g/mol. The maximum atomic E-state index is 16.3. The number of carbonyl (C=O) groups is 9. The molecule has 7 aromatic rings. The summed E-state index contributed by atoms with van der Waals surface area (Å²) in [7, 11) is 2.51. The molecule has 7 aliphatic rings. The Balaban J connectivity index is 1.03. The number of pyridine rings is 1. The van der Waals surface area contributed by atoms with Gasteiger partial charge in [0.15, 0.2) is 23.9 Å². The molecule has 0 saturated carbocycles. The zero-order chi connectivity index (χ0) is 87.5. The summed E-state index contributed by atoms with van der Waals surface area (Å²) in [5.41, 5.74) is 4.79. The normalized spacial score (nSPS) is 26.4. The molecule has 37 nitrogen and oxygen atoms in total. The number of ether oxygens (including phenoxy) is 6. The van der Waals surface area contributed by atoms with E-state index in [1.54, 1.807) is 13.0 Å². The third kappa shape index (κ3) is 20.0. The number of primary amides is 1. The fourth-order valence-corrected chi connectivity index (χ4v) is 15.6. The van der Waals surface area contributed by atoms with Crippen LogP contribution in [0.15, 0.2) is 116 Å². The number of anilines is 1. The lowest BCUT2D eigenvalue weighted by atomic mass is 9.84. The average Bonchev–Trinajstić information content (AvgIpc) is 0.764. The third-order valence-electron chi connectivity index (χ3n) is 20.8. The predicted molar refractivity (Wildman–Crippen MR) is 428 cm³/mol. The molecule has 18 unspecified atom stereocenters. The number of nitrogens with two attached hydrogens (primary N) is 1. The van der Waals surface area contributed by atoms with Gasteiger partial charge in [-0.15, -0.1) is 0 Å². The molecular formula is C80H86Cl4N12O25. The molecular weight excluding hydrogens is 1670 g/mol. The van der Waals surface area contributed by atoms with Crippen molar-refractivity contribution >= 4 is 105 Å². The summed E-state index contributed by atoms with van der Waals surface area (Å²) in [4.78, 5) is 142. The molecule has 7 aliphatic heterocycles. The molecule has 121 heavy (non-hydrogen) atoms. The fraction of sp³-hybridized carbons (Fsp3) is 0.375. The van der Waals surface area contributed by atoms with Crippen LogP contribution in [0, 0.1) is 5.92 Å². The monoisotopic (exact) mass is 1750 g/mol. The van der Waals surface area contributed by atoms with Crippen molar-refractivity contribution in [3.05, 3.63) is 175 Å². The largest absolute Gasteiger partial charge is 0.508 e.